The minimum Gasteiger partial charge on any atom is -0.399 e. The molecule has 74 valence electrons. The van der Waals surface area contributed by atoms with Crippen LogP contribution in [0, 0.1) is 0 Å². The van der Waals surface area contributed by atoms with Crippen LogP contribution < -0.4 is 22.9 Å². The highest BCUT2D eigenvalue weighted by Gasteiger charge is 2.14. The summed E-state index contributed by atoms with van der Waals surface area (Å²) >= 11 is 0. The number of hydrogen-bond acceptors (Lipinski definition) is 4. The molecular weight excluding hydrogens is 184 g/mol. The lowest BCUT2D eigenvalue weighted by atomic mass is 10.1. The summed E-state index contributed by atoms with van der Waals surface area (Å²) in [5.41, 5.74) is 21.1. The quantitative estimate of drug-likeness (QED) is 0.450. The first-order valence-electron chi connectivity index (χ1n) is 3.72. The van der Waals surface area contributed by atoms with Crippen molar-refractivity contribution < 1.29 is 9.59 Å². The maximum atomic E-state index is 10.9. The van der Waals surface area contributed by atoms with Gasteiger partial charge in [0.15, 0.2) is 0 Å². The second-order valence-electron chi connectivity index (χ2n) is 2.76. The molecule has 0 aromatic heterocycles. The Morgan fingerprint density at radius 3 is 1.57 bits per heavy atom. The van der Waals surface area contributed by atoms with Gasteiger partial charge in [-0.05, 0) is 12.1 Å². The Kier molecular flexibility index (Phi) is 2.29. The normalized spacial score (nSPS) is 9.71. The second kappa shape index (κ2) is 3.25. The summed E-state index contributed by atoms with van der Waals surface area (Å²) in [5.74, 6) is -1.51. The predicted molar refractivity (Wildman–Crippen MR) is 52.3 cm³/mol. The zero-order valence-corrected chi connectivity index (χ0v) is 7.28. The lowest BCUT2D eigenvalue weighted by molar-refractivity contribution is 0.0999. The van der Waals surface area contributed by atoms with Crippen LogP contribution in [0.1, 0.15) is 20.7 Å². The van der Waals surface area contributed by atoms with Gasteiger partial charge in [0.25, 0.3) is 11.8 Å². The van der Waals surface area contributed by atoms with Gasteiger partial charge in [-0.25, -0.2) is 0 Å². The van der Waals surface area contributed by atoms with Crippen molar-refractivity contribution in [3.05, 3.63) is 23.3 Å². The van der Waals surface area contributed by atoms with E-state index in [4.69, 9.17) is 22.9 Å². The highest BCUT2D eigenvalue weighted by molar-refractivity contribution is 6.07. The van der Waals surface area contributed by atoms with Crippen molar-refractivity contribution in [2.24, 2.45) is 11.5 Å². The van der Waals surface area contributed by atoms with Gasteiger partial charge in [0.05, 0.1) is 16.8 Å². The molecule has 0 unspecified atom stereocenters. The molecule has 0 spiro atoms. The number of benzene rings is 1. The molecule has 2 amide bonds. The van der Waals surface area contributed by atoms with E-state index in [-0.39, 0.29) is 22.5 Å². The first-order chi connectivity index (χ1) is 6.43. The minimum absolute atomic E-state index is 0.00111. The van der Waals surface area contributed by atoms with E-state index in [2.05, 4.69) is 0 Å². The largest absolute Gasteiger partial charge is 0.399 e. The van der Waals surface area contributed by atoms with Gasteiger partial charge in [0.2, 0.25) is 0 Å². The molecular formula is C8H10N4O2. The maximum absolute atomic E-state index is 10.9. The number of rotatable bonds is 2. The fourth-order valence-electron chi connectivity index (χ4n) is 1.08. The van der Waals surface area contributed by atoms with E-state index < -0.39 is 11.8 Å². The zero-order valence-electron chi connectivity index (χ0n) is 7.28. The van der Waals surface area contributed by atoms with Crippen LogP contribution in [0.15, 0.2) is 12.1 Å². The molecule has 0 bridgehead atoms. The summed E-state index contributed by atoms with van der Waals surface area (Å²) < 4.78 is 0. The van der Waals surface area contributed by atoms with Crippen LogP contribution in [0.5, 0.6) is 0 Å². The average molecular weight is 194 g/mol. The Hall–Kier alpha value is -2.24. The molecule has 1 aromatic rings. The summed E-state index contributed by atoms with van der Waals surface area (Å²) in [6, 6.07) is 2.59. The molecule has 1 rings (SSSR count). The van der Waals surface area contributed by atoms with Crippen LogP contribution >= 0.6 is 0 Å². The summed E-state index contributed by atoms with van der Waals surface area (Å²) in [7, 11) is 0. The second-order valence-corrected chi connectivity index (χ2v) is 2.76. The van der Waals surface area contributed by atoms with Crippen molar-refractivity contribution >= 4 is 23.2 Å². The Balaban J connectivity index is 3.47. The van der Waals surface area contributed by atoms with Gasteiger partial charge in [-0.15, -0.1) is 0 Å². The standard InChI is InChI=1S/C8H10N4O2/c9-3-1-4(7(11)13)6(10)5(2-3)8(12)14/h1-2H,9-10H2,(H2,11,13)(H2,12,14). The Morgan fingerprint density at radius 2 is 1.29 bits per heavy atom. The van der Waals surface area contributed by atoms with Crippen molar-refractivity contribution in [2.75, 3.05) is 11.5 Å². The van der Waals surface area contributed by atoms with Gasteiger partial charge in [-0.3, -0.25) is 9.59 Å². The maximum Gasteiger partial charge on any atom is 0.250 e. The number of nitrogens with two attached hydrogens (primary N) is 4. The first-order valence-corrected chi connectivity index (χ1v) is 3.72. The van der Waals surface area contributed by atoms with Gasteiger partial charge < -0.3 is 22.9 Å². The van der Waals surface area contributed by atoms with Crippen LogP contribution in [0.3, 0.4) is 0 Å². The van der Waals surface area contributed by atoms with Crippen molar-refractivity contribution in [1.82, 2.24) is 0 Å². The third-order valence-corrected chi connectivity index (χ3v) is 1.73. The highest BCUT2D eigenvalue weighted by atomic mass is 16.1. The molecule has 0 aliphatic heterocycles. The van der Waals surface area contributed by atoms with E-state index in [1.54, 1.807) is 0 Å². The van der Waals surface area contributed by atoms with Crippen LogP contribution in [0.25, 0.3) is 0 Å². The number of nitrogen functional groups attached to an aromatic ring is 2. The van der Waals surface area contributed by atoms with Gasteiger partial charge in [-0.2, -0.15) is 0 Å². The van der Waals surface area contributed by atoms with Crippen molar-refractivity contribution in [2.45, 2.75) is 0 Å². The summed E-state index contributed by atoms with van der Waals surface area (Å²) in [5, 5.41) is 0. The lowest BCUT2D eigenvalue weighted by Crippen LogP contribution is -2.19. The number of amides is 2. The lowest BCUT2D eigenvalue weighted by Gasteiger charge is -2.07. The van der Waals surface area contributed by atoms with Crippen LogP contribution in [-0.2, 0) is 0 Å². The van der Waals surface area contributed by atoms with Crippen molar-refractivity contribution in [1.29, 1.82) is 0 Å². The number of primary amides is 2. The molecule has 8 N–H and O–H groups in total. The topological polar surface area (TPSA) is 138 Å². The number of hydrogen-bond donors (Lipinski definition) is 4. The van der Waals surface area contributed by atoms with Gasteiger partial charge in [0.1, 0.15) is 0 Å². The smallest absolute Gasteiger partial charge is 0.250 e. The fourth-order valence-corrected chi connectivity index (χ4v) is 1.08. The van der Waals surface area contributed by atoms with Gasteiger partial charge in [0, 0.05) is 5.69 Å². The van der Waals surface area contributed by atoms with E-state index in [9.17, 15) is 9.59 Å². The summed E-state index contributed by atoms with van der Waals surface area (Å²) in [4.78, 5) is 21.8. The highest BCUT2D eigenvalue weighted by Crippen LogP contribution is 2.20. The molecule has 1 aromatic carbocycles. The number of anilines is 2. The molecule has 0 atom stereocenters. The Bertz CT molecular complexity index is 379. The third-order valence-electron chi connectivity index (χ3n) is 1.73. The monoisotopic (exact) mass is 194 g/mol. The molecule has 0 saturated carbocycles. The number of carbonyl (C=O) groups is 2. The zero-order chi connectivity index (χ0) is 10.9. The van der Waals surface area contributed by atoms with E-state index in [1.807, 2.05) is 0 Å². The van der Waals surface area contributed by atoms with Crippen LogP contribution in [0.2, 0.25) is 0 Å². The van der Waals surface area contributed by atoms with Gasteiger partial charge >= 0.3 is 0 Å². The van der Waals surface area contributed by atoms with Crippen molar-refractivity contribution in [3.63, 3.8) is 0 Å². The molecule has 6 nitrogen and oxygen atoms in total. The predicted octanol–water partition coefficient (Wildman–Crippen LogP) is -0.951. The molecule has 0 aliphatic rings. The van der Waals surface area contributed by atoms with Crippen molar-refractivity contribution in [3.8, 4) is 0 Å². The molecule has 0 radical (unpaired) electrons. The molecule has 0 fully saturated rings. The SMILES string of the molecule is NC(=O)c1cc(N)cc(C(N)=O)c1N. The summed E-state index contributed by atoms with van der Waals surface area (Å²) in [6.45, 7) is 0. The molecule has 0 aliphatic carbocycles. The van der Waals surface area contributed by atoms with Crippen LogP contribution in [-0.4, -0.2) is 11.8 Å². The third kappa shape index (κ3) is 1.58. The molecule has 14 heavy (non-hydrogen) atoms. The average Bonchev–Trinajstić information content (AvgIpc) is 2.07. The minimum atomic E-state index is -0.753. The number of carbonyl (C=O) groups excluding carboxylic acids is 2. The van der Waals surface area contributed by atoms with E-state index >= 15 is 0 Å². The van der Waals surface area contributed by atoms with E-state index in [0.717, 1.165) is 0 Å². The molecule has 0 heterocycles. The Morgan fingerprint density at radius 1 is 0.929 bits per heavy atom. The van der Waals surface area contributed by atoms with Crippen LogP contribution in [0.4, 0.5) is 11.4 Å². The summed E-state index contributed by atoms with van der Waals surface area (Å²) in [6.07, 6.45) is 0. The van der Waals surface area contributed by atoms with E-state index in [0.29, 0.717) is 0 Å². The van der Waals surface area contributed by atoms with Gasteiger partial charge in [-0.1, -0.05) is 0 Å². The fraction of sp³-hybridized carbons (Fsp3) is 0. The first kappa shape index (κ1) is 9.85. The Labute approximate surface area is 79.8 Å². The molecule has 6 heteroatoms. The van der Waals surface area contributed by atoms with E-state index in [1.165, 1.54) is 12.1 Å². The molecule has 0 saturated heterocycles.